The summed E-state index contributed by atoms with van der Waals surface area (Å²) in [4.78, 5) is 7.32. The van der Waals surface area contributed by atoms with Crippen LogP contribution in [-0.4, -0.2) is 28.8 Å². The van der Waals surface area contributed by atoms with Crippen molar-refractivity contribution in [3.8, 4) is 11.5 Å². The van der Waals surface area contributed by atoms with Gasteiger partial charge in [-0.25, -0.2) is 9.38 Å². The third-order valence-corrected chi connectivity index (χ3v) is 7.22. The van der Waals surface area contributed by atoms with Gasteiger partial charge in [0.25, 0.3) is 0 Å². The first kappa shape index (κ1) is 29.3. The molecule has 0 amide bonds. The number of aromatic hydroxyl groups is 1. The molecular weight excluding hydrogens is 564 g/mol. The van der Waals surface area contributed by atoms with Crippen LogP contribution in [0.3, 0.4) is 0 Å². The summed E-state index contributed by atoms with van der Waals surface area (Å²) in [6.45, 7) is 0.696. The fourth-order valence-corrected chi connectivity index (χ4v) is 5.06. The average Bonchev–Trinajstić information content (AvgIpc) is 2.92. The number of thioether (sulfide) groups is 1. The minimum atomic E-state index is -4.65. The van der Waals surface area contributed by atoms with E-state index >= 15 is 0 Å². The Balaban J connectivity index is 1.78. The second-order valence-electron chi connectivity index (χ2n) is 8.81. The molecule has 0 aliphatic carbocycles. The highest BCUT2D eigenvalue weighted by Crippen LogP contribution is 2.37. The standard InChI is InChI=1S/C30H25ClF4N2O2S/c1-39-25-6-3-7-26(18-25)40-29(36-23-12-13-28(31)27(17-23)30(33,34)35)37(19-21-4-2-5-24(38)16-21)15-14-20-8-10-22(32)11-9-20/h2-13,16-18,38H,14-15,19H2,1H3. The Morgan fingerprint density at radius 1 is 0.950 bits per heavy atom. The lowest BCUT2D eigenvalue weighted by Crippen LogP contribution is -2.30. The van der Waals surface area contributed by atoms with Crippen LogP contribution < -0.4 is 4.74 Å². The van der Waals surface area contributed by atoms with Crippen molar-refractivity contribution in [2.45, 2.75) is 24.0 Å². The van der Waals surface area contributed by atoms with Crippen LogP contribution in [0.15, 0.2) is 101 Å². The molecule has 0 bridgehead atoms. The molecule has 0 fully saturated rings. The van der Waals surface area contributed by atoms with Gasteiger partial charge in [-0.2, -0.15) is 13.2 Å². The van der Waals surface area contributed by atoms with Gasteiger partial charge in [0.1, 0.15) is 17.3 Å². The number of hydrogen-bond donors (Lipinski definition) is 1. The van der Waals surface area contributed by atoms with Gasteiger partial charge in [-0.15, -0.1) is 0 Å². The monoisotopic (exact) mass is 588 g/mol. The number of alkyl halides is 3. The number of aliphatic imine (C=N–C) groups is 1. The fourth-order valence-electron chi connectivity index (χ4n) is 3.87. The predicted octanol–water partition coefficient (Wildman–Crippen LogP) is 8.74. The Bertz CT molecular complexity index is 1480. The maximum atomic E-state index is 13.6. The zero-order chi connectivity index (χ0) is 28.7. The normalized spacial score (nSPS) is 11.9. The van der Waals surface area contributed by atoms with E-state index in [1.807, 2.05) is 17.0 Å². The predicted molar refractivity (Wildman–Crippen MR) is 151 cm³/mol. The lowest BCUT2D eigenvalue weighted by molar-refractivity contribution is -0.137. The van der Waals surface area contributed by atoms with Gasteiger partial charge in [0.05, 0.1) is 23.4 Å². The molecule has 0 saturated carbocycles. The number of nitrogens with zero attached hydrogens (tertiary/aromatic N) is 2. The first-order chi connectivity index (χ1) is 19.1. The van der Waals surface area contributed by atoms with Gasteiger partial charge in [-0.3, -0.25) is 0 Å². The highest BCUT2D eigenvalue weighted by atomic mass is 35.5. The zero-order valence-corrected chi connectivity index (χ0v) is 22.9. The summed E-state index contributed by atoms with van der Waals surface area (Å²) in [7, 11) is 1.54. The van der Waals surface area contributed by atoms with Gasteiger partial charge in [-0.05, 0) is 78.2 Å². The summed E-state index contributed by atoms with van der Waals surface area (Å²) in [5.41, 5.74) is 0.737. The molecule has 0 saturated heterocycles. The summed E-state index contributed by atoms with van der Waals surface area (Å²) >= 11 is 7.10. The van der Waals surface area contributed by atoms with Crippen LogP contribution in [0.5, 0.6) is 11.5 Å². The number of phenols is 1. The Kier molecular flexibility index (Phi) is 9.60. The topological polar surface area (TPSA) is 45.1 Å². The number of halogens is 5. The van der Waals surface area contributed by atoms with E-state index in [1.165, 1.54) is 36.0 Å². The van der Waals surface area contributed by atoms with Crippen LogP contribution in [0.1, 0.15) is 16.7 Å². The maximum Gasteiger partial charge on any atom is 0.417 e. The van der Waals surface area contributed by atoms with E-state index in [4.69, 9.17) is 16.3 Å². The summed E-state index contributed by atoms with van der Waals surface area (Å²) in [6.07, 6.45) is -4.14. The smallest absolute Gasteiger partial charge is 0.417 e. The number of phenolic OH excluding ortho intramolecular Hbond substituents is 1. The number of methoxy groups -OCH3 is 1. The molecule has 0 aliphatic heterocycles. The Hall–Kier alpha value is -3.69. The average molecular weight is 589 g/mol. The van der Waals surface area contributed by atoms with Gasteiger partial charge in [0.2, 0.25) is 0 Å². The molecule has 0 radical (unpaired) electrons. The molecule has 0 spiro atoms. The molecule has 208 valence electrons. The molecule has 0 aliphatic rings. The second kappa shape index (κ2) is 13.1. The van der Waals surface area contributed by atoms with Gasteiger partial charge in [0.15, 0.2) is 5.17 Å². The van der Waals surface area contributed by atoms with Gasteiger partial charge in [0, 0.05) is 18.0 Å². The number of ether oxygens (including phenoxy) is 1. The molecule has 0 atom stereocenters. The van der Waals surface area contributed by atoms with Crippen LogP contribution in [0.25, 0.3) is 0 Å². The van der Waals surface area contributed by atoms with Crippen LogP contribution in [0, 0.1) is 5.82 Å². The second-order valence-corrected chi connectivity index (χ2v) is 10.3. The third-order valence-electron chi connectivity index (χ3n) is 5.87. The third kappa shape index (κ3) is 8.16. The molecule has 4 nitrogen and oxygen atoms in total. The largest absolute Gasteiger partial charge is 0.508 e. The lowest BCUT2D eigenvalue weighted by Gasteiger charge is -2.26. The van der Waals surface area contributed by atoms with Crippen LogP contribution >= 0.6 is 23.4 Å². The molecule has 10 heteroatoms. The van der Waals surface area contributed by atoms with Crippen molar-refractivity contribution in [1.29, 1.82) is 0 Å². The van der Waals surface area contributed by atoms with Gasteiger partial charge < -0.3 is 14.7 Å². The molecule has 40 heavy (non-hydrogen) atoms. The molecule has 0 unspecified atom stereocenters. The molecule has 4 aromatic carbocycles. The molecule has 1 N–H and O–H groups in total. The van der Waals surface area contributed by atoms with Crippen LogP contribution in [0.2, 0.25) is 5.02 Å². The van der Waals surface area contributed by atoms with Crippen molar-refractivity contribution in [2.24, 2.45) is 4.99 Å². The number of hydrogen-bond acceptors (Lipinski definition) is 4. The molecule has 4 rings (SSSR count). The van der Waals surface area contributed by atoms with Crippen molar-refractivity contribution in [3.63, 3.8) is 0 Å². The summed E-state index contributed by atoms with van der Waals surface area (Å²) in [6, 6.07) is 23.6. The Morgan fingerprint density at radius 2 is 1.70 bits per heavy atom. The molecule has 4 aromatic rings. The maximum absolute atomic E-state index is 13.6. The first-order valence-electron chi connectivity index (χ1n) is 12.2. The number of benzene rings is 4. The van der Waals surface area contributed by atoms with E-state index in [9.17, 15) is 22.7 Å². The SMILES string of the molecule is COc1cccc(SC(=Nc2ccc(Cl)c(C(F)(F)F)c2)N(CCc2ccc(F)cc2)Cc2cccc(O)c2)c1. The van der Waals surface area contributed by atoms with E-state index in [0.29, 0.717) is 30.4 Å². The van der Waals surface area contributed by atoms with Crippen molar-refractivity contribution in [3.05, 3.63) is 119 Å². The highest BCUT2D eigenvalue weighted by Gasteiger charge is 2.33. The zero-order valence-electron chi connectivity index (χ0n) is 21.3. The van der Waals surface area contributed by atoms with Gasteiger partial charge >= 0.3 is 6.18 Å². The Labute approximate surface area is 238 Å². The minimum absolute atomic E-state index is 0.0739. The molecule has 0 aromatic heterocycles. The van der Waals surface area contributed by atoms with Crippen molar-refractivity contribution < 1.29 is 27.4 Å². The van der Waals surface area contributed by atoms with Crippen LogP contribution in [0.4, 0.5) is 23.2 Å². The van der Waals surface area contributed by atoms with Crippen molar-refractivity contribution >= 4 is 34.2 Å². The van der Waals surface area contributed by atoms with E-state index in [-0.39, 0.29) is 17.3 Å². The number of amidine groups is 1. The summed E-state index contributed by atoms with van der Waals surface area (Å²) in [5, 5.41) is 10.0. The quantitative estimate of drug-likeness (QED) is 0.0967. The Morgan fingerprint density at radius 3 is 2.40 bits per heavy atom. The summed E-state index contributed by atoms with van der Waals surface area (Å²) < 4.78 is 59.6. The van der Waals surface area contributed by atoms with E-state index < -0.39 is 16.8 Å². The van der Waals surface area contributed by atoms with E-state index in [1.54, 1.807) is 55.6 Å². The van der Waals surface area contributed by atoms with E-state index in [0.717, 1.165) is 22.1 Å². The van der Waals surface area contributed by atoms with E-state index in [2.05, 4.69) is 4.99 Å². The number of rotatable bonds is 8. The van der Waals surface area contributed by atoms with Crippen molar-refractivity contribution in [1.82, 2.24) is 4.90 Å². The fraction of sp³-hybridized carbons (Fsp3) is 0.167. The molecular formula is C30H25ClF4N2O2S. The minimum Gasteiger partial charge on any atom is -0.508 e. The lowest BCUT2D eigenvalue weighted by atomic mass is 10.1. The summed E-state index contributed by atoms with van der Waals surface area (Å²) in [5.74, 6) is 0.350. The van der Waals surface area contributed by atoms with Crippen molar-refractivity contribution in [2.75, 3.05) is 13.7 Å². The first-order valence-corrected chi connectivity index (χ1v) is 13.3. The van der Waals surface area contributed by atoms with Gasteiger partial charge in [-0.1, -0.05) is 53.7 Å². The van der Waals surface area contributed by atoms with Crippen LogP contribution in [-0.2, 0) is 19.1 Å². The molecule has 0 heterocycles. The highest BCUT2D eigenvalue weighted by molar-refractivity contribution is 8.13.